The SMILES string of the molecule is COc1cccc(CN2C(=O)CN(C3CCCCC3)C(=O)[C@H]2c2ccc(OC)c(OC)c2)c1. The number of hydrogen-bond donors (Lipinski definition) is 0. The molecule has 4 rings (SSSR count). The Bertz CT molecular complexity index is 1000. The summed E-state index contributed by atoms with van der Waals surface area (Å²) in [6, 6.07) is 12.4. The Morgan fingerprint density at radius 2 is 1.64 bits per heavy atom. The molecule has 7 nitrogen and oxygen atoms in total. The molecular weight excluding hydrogens is 420 g/mol. The lowest BCUT2D eigenvalue weighted by molar-refractivity contribution is -0.160. The summed E-state index contributed by atoms with van der Waals surface area (Å²) in [7, 11) is 4.76. The van der Waals surface area contributed by atoms with Crippen molar-refractivity contribution in [2.75, 3.05) is 27.9 Å². The summed E-state index contributed by atoms with van der Waals surface area (Å²) in [5, 5.41) is 0. The molecule has 1 aliphatic heterocycles. The van der Waals surface area contributed by atoms with Gasteiger partial charge in [0.15, 0.2) is 11.5 Å². The Hall–Kier alpha value is -3.22. The Kier molecular flexibility index (Phi) is 7.06. The molecule has 0 spiro atoms. The zero-order valence-electron chi connectivity index (χ0n) is 19.6. The number of carbonyl (C=O) groups excluding carboxylic acids is 2. The predicted octanol–water partition coefficient (Wildman–Crippen LogP) is 3.96. The van der Waals surface area contributed by atoms with Crippen LogP contribution in [0.5, 0.6) is 17.2 Å². The summed E-state index contributed by atoms with van der Waals surface area (Å²) >= 11 is 0. The van der Waals surface area contributed by atoms with Gasteiger partial charge in [0.05, 0.1) is 21.3 Å². The highest BCUT2D eigenvalue weighted by Crippen LogP contribution is 2.37. The normalized spacial score (nSPS) is 19.5. The molecule has 1 atom stereocenters. The first kappa shape index (κ1) is 23.0. The van der Waals surface area contributed by atoms with Gasteiger partial charge in [-0.05, 0) is 48.2 Å². The van der Waals surface area contributed by atoms with Crippen LogP contribution in [-0.4, -0.2) is 55.5 Å². The van der Waals surface area contributed by atoms with Gasteiger partial charge < -0.3 is 24.0 Å². The number of ether oxygens (including phenoxy) is 3. The molecular formula is C26H32N2O5. The zero-order valence-corrected chi connectivity index (χ0v) is 19.6. The van der Waals surface area contributed by atoms with Crippen molar-refractivity contribution in [2.24, 2.45) is 0 Å². The van der Waals surface area contributed by atoms with Crippen LogP contribution in [0.2, 0.25) is 0 Å². The Balaban J connectivity index is 1.72. The molecule has 33 heavy (non-hydrogen) atoms. The van der Waals surface area contributed by atoms with Gasteiger partial charge in [0.2, 0.25) is 5.91 Å². The quantitative estimate of drug-likeness (QED) is 0.636. The highest BCUT2D eigenvalue weighted by molar-refractivity contribution is 5.96. The Morgan fingerprint density at radius 3 is 2.33 bits per heavy atom. The van der Waals surface area contributed by atoms with Gasteiger partial charge >= 0.3 is 0 Å². The largest absolute Gasteiger partial charge is 0.497 e. The maximum atomic E-state index is 13.9. The van der Waals surface area contributed by atoms with E-state index in [1.165, 1.54) is 6.42 Å². The molecule has 2 aliphatic rings. The van der Waals surface area contributed by atoms with Crippen LogP contribution >= 0.6 is 0 Å². The van der Waals surface area contributed by atoms with E-state index >= 15 is 0 Å². The average Bonchev–Trinajstić information content (AvgIpc) is 2.86. The summed E-state index contributed by atoms with van der Waals surface area (Å²) in [6.45, 7) is 0.441. The predicted molar refractivity (Wildman–Crippen MR) is 124 cm³/mol. The molecule has 1 aliphatic carbocycles. The molecule has 1 saturated heterocycles. The lowest BCUT2D eigenvalue weighted by Gasteiger charge is -2.44. The molecule has 1 saturated carbocycles. The first-order chi connectivity index (χ1) is 16.0. The van der Waals surface area contributed by atoms with Crippen LogP contribution in [0.4, 0.5) is 0 Å². The number of benzene rings is 2. The van der Waals surface area contributed by atoms with E-state index in [1.807, 2.05) is 35.2 Å². The minimum atomic E-state index is -0.723. The van der Waals surface area contributed by atoms with E-state index in [1.54, 1.807) is 38.4 Å². The molecule has 176 valence electrons. The average molecular weight is 453 g/mol. The third kappa shape index (κ3) is 4.77. The van der Waals surface area contributed by atoms with Gasteiger partial charge in [0, 0.05) is 12.6 Å². The smallest absolute Gasteiger partial charge is 0.250 e. The Morgan fingerprint density at radius 1 is 0.879 bits per heavy atom. The summed E-state index contributed by atoms with van der Waals surface area (Å²) in [6.07, 6.45) is 5.28. The zero-order chi connectivity index (χ0) is 23.4. The maximum absolute atomic E-state index is 13.9. The fourth-order valence-electron chi connectivity index (χ4n) is 4.94. The monoisotopic (exact) mass is 452 g/mol. The van der Waals surface area contributed by atoms with E-state index in [-0.39, 0.29) is 24.4 Å². The second-order valence-corrected chi connectivity index (χ2v) is 8.65. The van der Waals surface area contributed by atoms with Gasteiger partial charge in [-0.2, -0.15) is 0 Å². The van der Waals surface area contributed by atoms with Crippen LogP contribution in [0, 0.1) is 0 Å². The molecule has 0 N–H and O–H groups in total. The van der Waals surface area contributed by atoms with Crippen LogP contribution in [0.1, 0.15) is 49.3 Å². The minimum Gasteiger partial charge on any atom is -0.497 e. The topological polar surface area (TPSA) is 68.3 Å². The van der Waals surface area contributed by atoms with Crippen molar-refractivity contribution in [2.45, 2.75) is 50.7 Å². The second kappa shape index (κ2) is 10.1. The van der Waals surface area contributed by atoms with Gasteiger partial charge in [-0.3, -0.25) is 9.59 Å². The van der Waals surface area contributed by atoms with Crippen molar-refractivity contribution in [3.8, 4) is 17.2 Å². The molecule has 0 aromatic heterocycles. The summed E-state index contributed by atoms with van der Waals surface area (Å²) in [5.74, 6) is 1.75. The van der Waals surface area contributed by atoms with Crippen molar-refractivity contribution in [1.29, 1.82) is 0 Å². The Labute approximate surface area is 195 Å². The number of rotatable bonds is 7. The standard InChI is InChI=1S/C26H32N2O5/c1-31-21-11-7-8-18(14-21)16-28-24(29)17-27(20-9-5-4-6-10-20)26(30)25(28)19-12-13-22(32-2)23(15-19)33-3/h7-8,11-15,20,25H,4-6,9-10,16-17H2,1-3H3/t25-/m1/s1. The van der Waals surface area contributed by atoms with E-state index in [0.717, 1.165) is 42.6 Å². The lowest BCUT2D eigenvalue weighted by atomic mass is 9.91. The number of methoxy groups -OCH3 is 3. The summed E-state index contributed by atoms with van der Waals surface area (Å²) in [5.41, 5.74) is 1.63. The molecule has 1 heterocycles. The van der Waals surface area contributed by atoms with E-state index in [0.29, 0.717) is 18.0 Å². The molecule has 0 unspecified atom stereocenters. The van der Waals surface area contributed by atoms with Gasteiger partial charge in [-0.15, -0.1) is 0 Å². The highest BCUT2D eigenvalue weighted by atomic mass is 16.5. The number of nitrogens with zero attached hydrogens (tertiary/aromatic N) is 2. The van der Waals surface area contributed by atoms with Crippen LogP contribution in [0.15, 0.2) is 42.5 Å². The van der Waals surface area contributed by atoms with Crippen LogP contribution in [-0.2, 0) is 16.1 Å². The molecule has 2 aromatic carbocycles. The second-order valence-electron chi connectivity index (χ2n) is 8.65. The molecule has 7 heteroatoms. The van der Waals surface area contributed by atoms with Gasteiger partial charge in [-0.1, -0.05) is 37.5 Å². The van der Waals surface area contributed by atoms with Crippen molar-refractivity contribution in [3.63, 3.8) is 0 Å². The first-order valence-electron chi connectivity index (χ1n) is 11.5. The van der Waals surface area contributed by atoms with E-state index in [4.69, 9.17) is 14.2 Å². The van der Waals surface area contributed by atoms with Gasteiger partial charge in [0.1, 0.15) is 18.3 Å². The first-order valence-corrected chi connectivity index (χ1v) is 11.5. The van der Waals surface area contributed by atoms with Crippen molar-refractivity contribution in [3.05, 3.63) is 53.6 Å². The lowest BCUT2D eigenvalue weighted by Crippen LogP contribution is -2.58. The number of hydrogen-bond acceptors (Lipinski definition) is 5. The van der Waals surface area contributed by atoms with Crippen LogP contribution in [0.25, 0.3) is 0 Å². The van der Waals surface area contributed by atoms with Gasteiger partial charge in [-0.25, -0.2) is 0 Å². The van der Waals surface area contributed by atoms with Crippen LogP contribution in [0.3, 0.4) is 0 Å². The number of piperazine rings is 1. The molecule has 0 radical (unpaired) electrons. The highest BCUT2D eigenvalue weighted by Gasteiger charge is 2.43. The third-order valence-corrected chi connectivity index (χ3v) is 6.68. The van der Waals surface area contributed by atoms with Gasteiger partial charge in [0.25, 0.3) is 5.91 Å². The van der Waals surface area contributed by atoms with Crippen molar-refractivity contribution < 1.29 is 23.8 Å². The fourth-order valence-corrected chi connectivity index (χ4v) is 4.94. The number of carbonyl (C=O) groups is 2. The molecule has 0 bridgehead atoms. The summed E-state index contributed by atoms with van der Waals surface area (Å²) in [4.78, 5) is 30.8. The van der Waals surface area contributed by atoms with Crippen molar-refractivity contribution >= 4 is 11.8 Å². The van der Waals surface area contributed by atoms with E-state index < -0.39 is 6.04 Å². The van der Waals surface area contributed by atoms with E-state index in [9.17, 15) is 9.59 Å². The number of amides is 2. The molecule has 2 aromatic rings. The minimum absolute atomic E-state index is 0.0309. The summed E-state index contributed by atoms with van der Waals surface area (Å²) < 4.78 is 16.2. The molecule has 2 fully saturated rings. The maximum Gasteiger partial charge on any atom is 0.250 e. The van der Waals surface area contributed by atoms with Crippen LogP contribution < -0.4 is 14.2 Å². The third-order valence-electron chi connectivity index (χ3n) is 6.68. The van der Waals surface area contributed by atoms with E-state index in [2.05, 4.69) is 0 Å². The fraction of sp³-hybridized carbons (Fsp3) is 0.462. The molecule has 2 amide bonds. The van der Waals surface area contributed by atoms with Crippen molar-refractivity contribution in [1.82, 2.24) is 9.80 Å².